The van der Waals surface area contributed by atoms with Crippen LogP contribution in [-0.4, -0.2) is 47.9 Å². The first-order chi connectivity index (χ1) is 13.5. The van der Waals surface area contributed by atoms with Gasteiger partial charge >= 0.3 is 11.9 Å². The highest BCUT2D eigenvalue weighted by molar-refractivity contribution is 6.15. The molecule has 3 saturated carbocycles. The highest BCUT2D eigenvalue weighted by Crippen LogP contribution is 2.68. The van der Waals surface area contributed by atoms with E-state index in [4.69, 9.17) is 9.47 Å². The summed E-state index contributed by atoms with van der Waals surface area (Å²) in [5, 5.41) is 11.2. The summed E-state index contributed by atoms with van der Waals surface area (Å²) >= 11 is 0. The molecule has 0 aromatic carbocycles. The fourth-order valence-corrected chi connectivity index (χ4v) is 6.97. The molecule has 3 aliphatic carbocycles. The van der Waals surface area contributed by atoms with E-state index in [1.165, 1.54) is 6.92 Å². The van der Waals surface area contributed by atoms with Gasteiger partial charge in [-0.2, -0.15) is 0 Å². The second kappa shape index (κ2) is 6.24. The zero-order valence-corrected chi connectivity index (χ0v) is 17.1. The summed E-state index contributed by atoms with van der Waals surface area (Å²) in [6, 6.07) is 0. The van der Waals surface area contributed by atoms with E-state index in [0.717, 1.165) is 6.29 Å². The third kappa shape index (κ3) is 2.39. The molecule has 7 nitrogen and oxygen atoms in total. The van der Waals surface area contributed by atoms with Crippen LogP contribution in [0.4, 0.5) is 0 Å². The Morgan fingerprint density at radius 2 is 2.03 bits per heavy atom. The standard InChI is InChI=1S/C22H28O7/c1-11-13-7-14(25)17-21(8-13,18(11)26)19(27)28-10-22(17)15(9-23)20(3,4)6-5-16(22)29-12(2)24/h9,13-17,25H,1,5-8,10H2,2-4H3. The molecule has 158 valence electrons. The van der Waals surface area contributed by atoms with Gasteiger partial charge in [-0.1, -0.05) is 20.4 Å². The average molecular weight is 404 g/mol. The molecule has 4 fully saturated rings. The van der Waals surface area contributed by atoms with E-state index < -0.39 is 58.0 Å². The van der Waals surface area contributed by atoms with Crippen LogP contribution >= 0.6 is 0 Å². The fraction of sp³-hybridized carbons (Fsp3) is 0.727. The number of ether oxygens (including phenoxy) is 2. The third-order valence-corrected chi connectivity index (χ3v) is 8.11. The number of carbonyl (C=O) groups is 4. The first-order valence-corrected chi connectivity index (χ1v) is 10.2. The largest absolute Gasteiger partial charge is 0.464 e. The number of cyclic esters (lactones) is 1. The number of hydrogen-bond donors (Lipinski definition) is 1. The minimum Gasteiger partial charge on any atom is -0.464 e. The molecule has 0 amide bonds. The monoisotopic (exact) mass is 404 g/mol. The normalized spacial score (nSPS) is 45.5. The molecule has 1 saturated heterocycles. The van der Waals surface area contributed by atoms with Gasteiger partial charge in [0.15, 0.2) is 5.78 Å². The first-order valence-electron chi connectivity index (χ1n) is 10.2. The van der Waals surface area contributed by atoms with E-state index in [9.17, 15) is 24.3 Å². The fourth-order valence-electron chi connectivity index (χ4n) is 6.97. The second-order valence-electron chi connectivity index (χ2n) is 9.94. The molecular formula is C22H28O7. The Morgan fingerprint density at radius 1 is 1.34 bits per heavy atom. The van der Waals surface area contributed by atoms with Gasteiger partial charge in [-0.3, -0.25) is 14.4 Å². The van der Waals surface area contributed by atoms with Crippen molar-refractivity contribution in [3.63, 3.8) is 0 Å². The lowest BCUT2D eigenvalue weighted by Crippen LogP contribution is -2.71. The molecule has 29 heavy (non-hydrogen) atoms. The summed E-state index contributed by atoms with van der Waals surface area (Å²) in [5.74, 6) is -3.36. The minimum absolute atomic E-state index is 0.162. The highest BCUT2D eigenvalue weighted by atomic mass is 16.6. The average Bonchev–Trinajstić information content (AvgIpc) is 2.83. The van der Waals surface area contributed by atoms with Crippen molar-refractivity contribution in [3.05, 3.63) is 12.2 Å². The maximum Gasteiger partial charge on any atom is 0.320 e. The Hall–Kier alpha value is -2.02. The number of aldehydes is 1. The summed E-state index contributed by atoms with van der Waals surface area (Å²) in [6.07, 6.45) is 0.715. The van der Waals surface area contributed by atoms with Crippen LogP contribution < -0.4 is 0 Å². The zero-order chi connectivity index (χ0) is 21.4. The number of rotatable bonds is 2. The Morgan fingerprint density at radius 3 is 2.66 bits per heavy atom. The van der Waals surface area contributed by atoms with Crippen LogP contribution in [0.1, 0.15) is 46.5 Å². The number of hydrogen-bond acceptors (Lipinski definition) is 7. The lowest BCUT2D eigenvalue weighted by atomic mass is 9.43. The van der Waals surface area contributed by atoms with Crippen LogP contribution in [0.2, 0.25) is 0 Å². The van der Waals surface area contributed by atoms with Crippen LogP contribution in [0.3, 0.4) is 0 Å². The van der Waals surface area contributed by atoms with Gasteiger partial charge in [0.2, 0.25) is 0 Å². The van der Waals surface area contributed by atoms with Crippen LogP contribution in [0.15, 0.2) is 12.2 Å². The van der Waals surface area contributed by atoms with Crippen molar-refractivity contribution in [1.29, 1.82) is 0 Å². The second-order valence-corrected chi connectivity index (χ2v) is 9.94. The first kappa shape index (κ1) is 20.3. The van der Waals surface area contributed by atoms with Gasteiger partial charge in [0.25, 0.3) is 0 Å². The third-order valence-electron chi connectivity index (χ3n) is 8.11. The van der Waals surface area contributed by atoms with Gasteiger partial charge in [-0.25, -0.2) is 0 Å². The lowest BCUT2D eigenvalue weighted by molar-refractivity contribution is -0.253. The number of aliphatic hydroxyl groups is 1. The quantitative estimate of drug-likeness (QED) is 0.322. The predicted molar refractivity (Wildman–Crippen MR) is 100 cm³/mol. The van der Waals surface area contributed by atoms with Crippen LogP contribution in [0, 0.1) is 34.0 Å². The molecular weight excluding hydrogens is 376 g/mol. The maximum absolute atomic E-state index is 13.3. The van der Waals surface area contributed by atoms with Gasteiger partial charge in [0, 0.05) is 18.8 Å². The number of ketones is 1. The van der Waals surface area contributed by atoms with Gasteiger partial charge in [0.05, 0.1) is 11.5 Å². The summed E-state index contributed by atoms with van der Waals surface area (Å²) in [7, 11) is 0. The summed E-state index contributed by atoms with van der Waals surface area (Å²) in [6.45, 7) is 8.92. The lowest BCUT2D eigenvalue weighted by Gasteiger charge is -2.62. The van der Waals surface area contributed by atoms with Crippen molar-refractivity contribution >= 4 is 24.0 Å². The molecule has 0 aromatic rings. The Bertz CT molecular complexity index is 814. The molecule has 7 atom stereocenters. The maximum atomic E-state index is 13.3. The van der Waals surface area contributed by atoms with Crippen molar-refractivity contribution in [2.75, 3.05) is 6.61 Å². The summed E-state index contributed by atoms with van der Waals surface area (Å²) in [5.41, 5.74) is -2.86. The van der Waals surface area contributed by atoms with E-state index in [0.29, 0.717) is 24.8 Å². The molecule has 0 aromatic heterocycles. The number of allylic oxidation sites excluding steroid dienone is 1. The molecule has 2 bridgehead atoms. The molecule has 1 heterocycles. The van der Waals surface area contributed by atoms with Crippen molar-refractivity contribution in [2.24, 2.45) is 34.0 Å². The highest BCUT2D eigenvalue weighted by Gasteiger charge is 2.76. The number of fused-ring (bicyclic) bond motifs is 2. The van der Waals surface area contributed by atoms with Crippen molar-refractivity contribution in [3.8, 4) is 0 Å². The Kier molecular flexibility index (Phi) is 4.36. The van der Waals surface area contributed by atoms with E-state index in [-0.39, 0.29) is 18.9 Å². The number of carbonyl (C=O) groups excluding carboxylic acids is 4. The Balaban J connectivity index is 1.96. The van der Waals surface area contributed by atoms with E-state index in [1.807, 2.05) is 13.8 Å². The van der Waals surface area contributed by atoms with Crippen LogP contribution in [0.5, 0.6) is 0 Å². The number of Topliss-reactive ketones (excluding diaryl/α,β-unsaturated/α-hetero) is 1. The predicted octanol–water partition coefficient (Wildman–Crippen LogP) is 1.61. The van der Waals surface area contributed by atoms with Gasteiger partial charge < -0.3 is 19.4 Å². The SMILES string of the molecule is C=C1C(=O)C23CC1CC(O)C2C1(COC3=O)C(OC(C)=O)CCC(C)(C)C1C=O. The van der Waals surface area contributed by atoms with Gasteiger partial charge in [-0.05, 0) is 42.6 Å². The smallest absolute Gasteiger partial charge is 0.320 e. The molecule has 0 radical (unpaired) electrons. The van der Waals surface area contributed by atoms with Crippen LogP contribution in [-0.2, 0) is 28.7 Å². The number of aliphatic hydroxyl groups excluding tert-OH is 1. The van der Waals surface area contributed by atoms with E-state index >= 15 is 0 Å². The number of esters is 2. The van der Waals surface area contributed by atoms with Crippen LogP contribution in [0.25, 0.3) is 0 Å². The van der Waals surface area contributed by atoms with Gasteiger partial charge in [0.1, 0.15) is 24.4 Å². The van der Waals surface area contributed by atoms with E-state index in [1.54, 1.807) is 0 Å². The Labute approximate surface area is 169 Å². The summed E-state index contributed by atoms with van der Waals surface area (Å²) < 4.78 is 11.3. The molecule has 7 heteroatoms. The van der Waals surface area contributed by atoms with E-state index in [2.05, 4.69) is 6.58 Å². The molecule has 4 aliphatic rings. The molecule has 2 spiro atoms. The van der Waals surface area contributed by atoms with Crippen molar-refractivity contribution < 1.29 is 33.8 Å². The molecule has 1 N–H and O–H groups in total. The van der Waals surface area contributed by atoms with Crippen molar-refractivity contribution in [1.82, 2.24) is 0 Å². The molecule has 4 rings (SSSR count). The topological polar surface area (TPSA) is 107 Å². The zero-order valence-electron chi connectivity index (χ0n) is 17.1. The summed E-state index contributed by atoms with van der Waals surface area (Å²) in [4.78, 5) is 50.7. The van der Waals surface area contributed by atoms with Crippen molar-refractivity contribution in [2.45, 2.75) is 58.7 Å². The molecule has 7 unspecified atom stereocenters. The minimum atomic E-state index is -1.56. The molecule has 1 aliphatic heterocycles. The van der Waals surface area contributed by atoms with Gasteiger partial charge in [-0.15, -0.1) is 0 Å².